The van der Waals surface area contributed by atoms with E-state index >= 15 is 0 Å². The summed E-state index contributed by atoms with van der Waals surface area (Å²) in [7, 11) is -4.24. The number of hydrogen-bond donors (Lipinski definition) is 2. The zero-order chi connectivity index (χ0) is 15.5. The van der Waals surface area contributed by atoms with Crippen molar-refractivity contribution < 1.29 is 18.1 Å². The van der Waals surface area contributed by atoms with Gasteiger partial charge in [0.1, 0.15) is 5.25 Å². The molecule has 2 N–H and O–H groups in total. The molecule has 4 nitrogen and oxygen atoms in total. The Bertz CT molecular complexity index is 550. The van der Waals surface area contributed by atoms with Crippen molar-refractivity contribution in [3.8, 4) is 0 Å². The molecule has 2 unspecified atom stereocenters. The molecule has 2 rings (SSSR count). The molecule has 1 aromatic carbocycles. The van der Waals surface area contributed by atoms with E-state index in [1.54, 1.807) is 24.3 Å². The molecule has 1 fully saturated rings. The minimum absolute atomic E-state index is 0.0468. The fourth-order valence-electron chi connectivity index (χ4n) is 3.04. The van der Waals surface area contributed by atoms with Crippen LogP contribution < -0.4 is 0 Å². The lowest BCUT2D eigenvalue weighted by Crippen LogP contribution is -2.27. The first-order chi connectivity index (χ1) is 9.88. The van der Waals surface area contributed by atoms with Gasteiger partial charge in [0, 0.05) is 4.47 Å². The monoisotopic (exact) mass is 376 g/mol. The molecule has 0 amide bonds. The van der Waals surface area contributed by atoms with E-state index in [0.717, 1.165) is 30.2 Å². The van der Waals surface area contributed by atoms with Crippen LogP contribution in [0.4, 0.5) is 0 Å². The maximum Gasteiger partial charge on any atom is 0.272 e. The summed E-state index contributed by atoms with van der Waals surface area (Å²) in [5.74, 6) is 0.137. The first kappa shape index (κ1) is 16.9. The Hall–Kier alpha value is -0.430. The smallest absolute Gasteiger partial charge is 0.272 e. The zero-order valence-electron chi connectivity index (χ0n) is 11.8. The van der Waals surface area contributed by atoms with Gasteiger partial charge in [-0.1, -0.05) is 47.3 Å². The molecule has 0 aliphatic heterocycles. The van der Waals surface area contributed by atoms with Crippen molar-refractivity contribution in [3.05, 3.63) is 34.3 Å². The largest absolute Gasteiger partial charge is 0.393 e. The minimum atomic E-state index is -4.24. The first-order valence-electron chi connectivity index (χ1n) is 7.28. The van der Waals surface area contributed by atoms with Crippen LogP contribution in [0.15, 0.2) is 28.7 Å². The van der Waals surface area contributed by atoms with Crippen LogP contribution in [0.5, 0.6) is 0 Å². The van der Waals surface area contributed by atoms with E-state index in [1.165, 1.54) is 6.42 Å². The summed E-state index contributed by atoms with van der Waals surface area (Å²) >= 11 is 3.30. The van der Waals surface area contributed by atoms with E-state index in [1.807, 2.05) is 0 Å². The quantitative estimate of drug-likeness (QED) is 0.768. The van der Waals surface area contributed by atoms with Crippen LogP contribution in [0.2, 0.25) is 0 Å². The Balaban J connectivity index is 2.15. The van der Waals surface area contributed by atoms with E-state index in [9.17, 15) is 18.1 Å². The Morgan fingerprint density at radius 1 is 1.14 bits per heavy atom. The fourth-order valence-corrected chi connectivity index (χ4v) is 4.24. The number of rotatable bonds is 5. The highest BCUT2D eigenvalue weighted by Gasteiger charge is 2.31. The standard InChI is InChI=1S/C15H21BrO4S/c16-13-8-6-12(7-9-13)15(21(18,19)20)10-14(17)11-4-2-1-3-5-11/h6-9,11,14-15,17H,1-5,10H2,(H,18,19,20). The van der Waals surface area contributed by atoms with Gasteiger partial charge in [0.05, 0.1) is 6.10 Å². The lowest BCUT2D eigenvalue weighted by Gasteiger charge is -2.28. The summed E-state index contributed by atoms with van der Waals surface area (Å²) in [6.45, 7) is 0. The van der Waals surface area contributed by atoms with E-state index < -0.39 is 21.5 Å². The molecule has 0 bridgehead atoms. The molecule has 0 aromatic heterocycles. The maximum atomic E-state index is 11.7. The topological polar surface area (TPSA) is 74.6 Å². The van der Waals surface area contributed by atoms with E-state index in [2.05, 4.69) is 15.9 Å². The molecule has 0 heterocycles. The predicted molar refractivity (Wildman–Crippen MR) is 85.6 cm³/mol. The van der Waals surface area contributed by atoms with Crippen LogP contribution in [0.3, 0.4) is 0 Å². The van der Waals surface area contributed by atoms with Crippen LogP contribution in [-0.4, -0.2) is 24.2 Å². The molecular formula is C15H21BrO4S. The second kappa shape index (κ2) is 7.22. The third-order valence-electron chi connectivity index (χ3n) is 4.25. The third-order valence-corrected chi connectivity index (χ3v) is 5.96. The van der Waals surface area contributed by atoms with Gasteiger partial charge in [-0.15, -0.1) is 0 Å². The van der Waals surface area contributed by atoms with Crippen molar-refractivity contribution in [1.29, 1.82) is 0 Å². The van der Waals surface area contributed by atoms with Gasteiger partial charge in [-0.2, -0.15) is 8.42 Å². The van der Waals surface area contributed by atoms with Crippen molar-refractivity contribution >= 4 is 26.0 Å². The van der Waals surface area contributed by atoms with Crippen molar-refractivity contribution in [1.82, 2.24) is 0 Å². The molecular weight excluding hydrogens is 356 g/mol. The summed E-state index contributed by atoms with van der Waals surface area (Å²) in [6.07, 6.45) is 4.55. The summed E-state index contributed by atoms with van der Waals surface area (Å²) in [6, 6.07) is 6.80. The highest BCUT2D eigenvalue weighted by molar-refractivity contribution is 9.10. The molecule has 6 heteroatoms. The van der Waals surface area contributed by atoms with Crippen LogP contribution in [0.25, 0.3) is 0 Å². The Morgan fingerprint density at radius 2 is 1.71 bits per heavy atom. The van der Waals surface area contributed by atoms with Crippen molar-refractivity contribution in [2.75, 3.05) is 0 Å². The zero-order valence-corrected chi connectivity index (χ0v) is 14.2. The number of aliphatic hydroxyl groups is 1. The summed E-state index contributed by atoms with van der Waals surface area (Å²) in [5.41, 5.74) is 0.510. The average molecular weight is 377 g/mol. The van der Waals surface area contributed by atoms with Crippen LogP contribution in [-0.2, 0) is 10.1 Å². The van der Waals surface area contributed by atoms with Crippen molar-refractivity contribution in [3.63, 3.8) is 0 Å². The molecule has 1 aromatic rings. The molecule has 2 atom stereocenters. The van der Waals surface area contributed by atoms with E-state index in [0.29, 0.717) is 5.56 Å². The molecule has 0 radical (unpaired) electrons. The van der Waals surface area contributed by atoms with Gasteiger partial charge in [0.15, 0.2) is 0 Å². The van der Waals surface area contributed by atoms with Crippen LogP contribution >= 0.6 is 15.9 Å². The van der Waals surface area contributed by atoms with E-state index in [4.69, 9.17) is 0 Å². The SMILES string of the molecule is O=S(=O)(O)C(CC(O)C1CCCCC1)c1ccc(Br)cc1. The summed E-state index contributed by atoms with van der Waals surface area (Å²) in [5, 5.41) is 9.27. The van der Waals surface area contributed by atoms with Gasteiger partial charge in [-0.3, -0.25) is 4.55 Å². The molecule has 1 saturated carbocycles. The molecule has 1 aliphatic rings. The third kappa shape index (κ3) is 4.77. The summed E-state index contributed by atoms with van der Waals surface area (Å²) in [4.78, 5) is 0. The lowest BCUT2D eigenvalue weighted by molar-refractivity contribution is 0.0756. The van der Waals surface area contributed by atoms with Crippen LogP contribution in [0.1, 0.15) is 49.3 Å². The normalized spacial score (nSPS) is 20.1. The first-order valence-corrected chi connectivity index (χ1v) is 9.57. The summed E-state index contributed by atoms with van der Waals surface area (Å²) < 4.78 is 33.7. The van der Waals surface area contributed by atoms with Gasteiger partial charge in [-0.05, 0) is 42.9 Å². The highest BCUT2D eigenvalue weighted by atomic mass is 79.9. The fraction of sp³-hybridized carbons (Fsp3) is 0.600. The minimum Gasteiger partial charge on any atom is -0.393 e. The van der Waals surface area contributed by atoms with Gasteiger partial charge < -0.3 is 5.11 Å². The number of halogens is 1. The second-order valence-electron chi connectivity index (χ2n) is 5.76. The molecule has 118 valence electrons. The lowest BCUT2D eigenvalue weighted by atomic mass is 9.83. The highest BCUT2D eigenvalue weighted by Crippen LogP contribution is 2.34. The van der Waals surface area contributed by atoms with Crippen molar-refractivity contribution in [2.45, 2.75) is 49.9 Å². The van der Waals surface area contributed by atoms with Gasteiger partial charge in [-0.25, -0.2) is 0 Å². The Kier molecular flexibility index (Phi) is 5.82. The molecule has 0 spiro atoms. The predicted octanol–water partition coefficient (Wildman–Crippen LogP) is 3.71. The Labute approximate surface area is 134 Å². The molecule has 1 aliphatic carbocycles. The maximum absolute atomic E-state index is 11.7. The van der Waals surface area contributed by atoms with Crippen molar-refractivity contribution in [2.24, 2.45) is 5.92 Å². The number of aliphatic hydroxyl groups excluding tert-OH is 1. The molecule has 0 saturated heterocycles. The van der Waals surface area contributed by atoms with Gasteiger partial charge >= 0.3 is 0 Å². The van der Waals surface area contributed by atoms with Gasteiger partial charge in [0.2, 0.25) is 0 Å². The number of benzene rings is 1. The van der Waals surface area contributed by atoms with Crippen LogP contribution in [0, 0.1) is 5.92 Å². The number of hydrogen-bond acceptors (Lipinski definition) is 3. The Morgan fingerprint density at radius 3 is 2.24 bits per heavy atom. The second-order valence-corrected chi connectivity index (χ2v) is 8.27. The van der Waals surface area contributed by atoms with Gasteiger partial charge in [0.25, 0.3) is 10.1 Å². The van der Waals surface area contributed by atoms with E-state index in [-0.39, 0.29) is 12.3 Å². The average Bonchev–Trinajstić information content (AvgIpc) is 2.45. The molecule has 21 heavy (non-hydrogen) atoms.